The van der Waals surface area contributed by atoms with Crippen LogP contribution in [0.5, 0.6) is 5.75 Å². The van der Waals surface area contributed by atoms with Gasteiger partial charge in [-0.05, 0) is 30.2 Å². The van der Waals surface area contributed by atoms with E-state index >= 15 is 0 Å². The van der Waals surface area contributed by atoms with Crippen molar-refractivity contribution >= 4 is 29.2 Å². The molecule has 0 aromatic heterocycles. The number of fused-ring (bicyclic) bond motifs is 1. The van der Waals surface area contributed by atoms with E-state index in [-0.39, 0.29) is 11.7 Å². The molecule has 1 aliphatic rings. The number of halogens is 1. The van der Waals surface area contributed by atoms with Crippen LogP contribution in [0.25, 0.3) is 0 Å². The van der Waals surface area contributed by atoms with Crippen molar-refractivity contribution < 1.29 is 24.5 Å². The van der Waals surface area contributed by atoms with Crippen LogP contribution in [0.2, 0.25) is 5.02 Å². The number of phenols is 1. The summed E-state index contributed by atoms with van der Waals surface area (Å²) in [5, 5.41) is 20.1. The van der Waals surface area contributed by atoms with Crippen LogP contribution in [0.3, 0.4) is 0 Å². The summed E-state index contributed by atoms with van der Waals surface area (Å²) >= 11 is 6.22. The molecule has 7 heteroatoms. The monoisotopic (exact) mass is 403 g/mol. The van der Waals surface area contributed by atoms with Crippen molar-refractivity contribution in [1.29, 1.82) is 0 Å². The number of hydrogen-bond acceptors (Lipinski definition) is 4. The fourth-order valence-corrected chi connectivity index (χ4v) is 3.55. The van der Waals surface area contributed by atoms with Crippen LogP contribution >= 0.6 is 11.6 Å². The molecule has 0 radical (unpaired) electrons. The number of aromatic hydroxyl groups is 1. The van der Waals surface area contributed by atoms with Gasteiger partial charge in [0.1, 0.15) is 18.0 Å². The Kier molecular flexibility index (Phi) is 5.91. The van der Waals surface area contributed by atoms with E-state index in [1.165, 1.54) is 6.07 Å². The number of nitrogens with zero attached hydrogens (tertiary/aromatic N) is 1. The zero-order valence-electron chi connectivity index (χ0n) is 15.6. The molecule has 3 rings (SSSR count). The summed E-state index contributed by atoms with van der Waals surface area (Å²) in [5.74, 6) is -1.41. The van der Waals surface area contributed by atoms with Gasteiger partial charge in [0.05, 0.1) is 6.42 Å². The Morgan fingerprint density at radius 1 is 1.21 bits per heavy atom. The van der Waals surface area contributed by atoms with Crippen LogP contribution in [-0.2, 0) is 14.3 Å². The Labute approximate surface area is 168 Å². The van der Waals surface area contributed by atoms with E-state index in [2.05, 4.69) is 0 Å². The molecule has 1 amide bonds. The lowest BCUT2D eigenvalue weighted by molar-refractivity contribution is -0.147. The molecular weight excluding hydrogens is 382 g/mol. The first-order chi connectivity index (χ1) is 13.3. The molecule has 2 atom stereocenters. The van der Waals surface area contributed by atoms with Crippen LogP contribution in [0.15, 0.2) is 42.5 Å². The lowest BCUT2D eigenvalue weighted by Gasteiger charge is -2.26. The van der Waals surface area contributed by atoms with E-state index in [1.54, 1.807) is 41.3 Å². The van der Waals surface area contributed by atoms with E-state index in [1.807, 2.05) is 13.8 Å². The normalized spacial score (nSPS) is 19.4. The van der Waals surface area contributed by atoms with Crippen molar-refractivity contribution in [2.24, 2.45) is 5.92 Å². The zero-order chi connectivity index (χ0) is 20.4. The van der Waals surface area contributed by atoms with Crippen LogP contribution in [0.4, 0.5) is 5.69 Å². The summed E-state index contributed by atoms with van der Waals surface area (Å²) < 4.78 is 6.00. The average molecular weight is 404 g/mol. The van der Waals surface area contributed by atoms with Gasteiger partial charge < -0.3 is 19.8 Å². The van der Waals surface area contributed by atoms with Crippen LogP contribution < -0.4 is 4.90 Å². The quantitative estimate of drug-likeness (QED) is 0.787. The molecule has 0 aliphatic carbocycles. The van der Waals surface area contributed by atoms with E-state index in [4.69, 9.17) is 16.3 Å². The number of rotatable bonds is 5. The highest BCUT2D eigenvalue weighted by Crippen LogP contribution is 2.42. The Balaban J connectivity index is 2.20. The number of benzene rings is 2. The molecule has 2 aromatic carbocycles. The third kappa shape index (κ3) is 4.13. The van der Waals surface area contributed by atoms with Crippen molar-refractivity contribution in [3.05, 3.63) is 58.6 Å². The van der Waals surface area contributed by atoms with Crippen molar-refractivity contribution in [3.8, 4) is 5.75 Å². The number of phenolic OH excluding ortho intramolecular Hbond substituents is 1. The van der Waals surface area contributed by atoms with Crippen molar-refractivity contribution in [1.82, 2.24) is 0 Å². The minimum Gasteiger partial charge on any atom is -0.508 e. The molecule has 148 valence electrons. The molecule has 1 heterocycles. The predicted octanol–water partition coefficient (Wildman–Crippen LogP) is 4.00. The first kappa shape index (κ1) is 20.2. The van der Waals surface area contributed by atoms with Crippen LogP contribution in [-0.4, -0.2) is 34.7 Å². The summed E-state index contributed by atoms with van der Waals surface area (Å²) in [5.41, 5.74) is 1.65. The molecule has 6 nitrogen and oxygen atoms in total. The summed E-state index contributed by atoms with van der Waals surface area (Å²) in [7, 11) is 0. The maximum absolute atomic E-state index is 13.2. The molecule has 2 aromatic rings. The van der Waals surface area contributed by atoms with Gasteiger partial charge in [0, 0.05) is 28.4 Å². The highest BCUT2D eigenvalue weighted by atomic mass is 35.5. The molecular formula is C21H22ClNO5. The molecule has 0 saturated heterocycles. The van der Waals surface area contributed by atoms with Crippen molar-refractivity contribution in [2.45, 2.75) is 32.5 Å². The van der Waals surface area contributed by atoms with E-state index < -0.39 is 30.5 Å². The van der Waals surface area contributed by atoms with E-state index in [0.717, 1.165) is 0 Å². The van der Waals surface area contributed by atoms with Gasteiger partial charge in [0.2, 0.25) is 0 Å². The summed E-state index contributed by atoms with van der Waals surface area (Å²) in [6.07, 6.45) is -2.49. The van der Waals surface area contributed by atoms with Crippen molar-refractivity contribution in [2.75, 3.05) is 11.4 Å². The minimum atomic E-state index is -1.19. The van der Waals surface area contributed by atoms with Gasteiger partial charge in [-0.2, -0.15) is 0 Å². The summed E-state index contributed by atoms with van der Waals surface area (Å²) in [6.45, 7) is 4.35. The average Bonchev–Trinajstić information content (AvgIpc) is 2.72. The summed E-state index contributed by atoms with van der Waals surface area (Å²) in [6, 6.07) is 11.7. The smallest absolute Gasteiger partial charge is 0.306 e. The van der Waals surface area contributed by atoms with Gasteiger partial charge in [-0.3, -0.25) is 9.59 Å². The lowest BCUT2D eigenvalue weighted by Crippen LogP contribution is -2.42. The third-order valence-corrected chi connectivity index (χ3v) is 4.77. The van der Waals surface area contributed by atoms with Gasteiger partial charge >= 0.3 is 5.97 Å². The van der Waals surface area contributed by atoms with E-state index in [0.29, 0.717) is 28.4 Å². The largest absolute Gasteiger partial charge is 0.508 e. The maximum atomic E-state index is 13.2. The number of carbonyl (C=O) groups is 2. The van der Waals surface area contributed by atoms with Crippen LogP contribution in [0.1, 0.15) is 37.5 Å². The summed E-state index contributed by atoms with van der Waals surface area (Å²) in [4.78, 5) is 26.1. The highest BCUT2D eigenvalue weighted by Gasteiger charge is 2.38. The Morgan fingerprint density at radius 2 is 1.93 bits per heavy atom. The Morgan fingerprint density at radius 3 is 2.57 bits per heavy atom. The zero-order valence-corrected chi connectivity index (χ0v) is 16.4. The van der Waals surface area contributed by atoms with Gasteiger partial charge in [0.25, 0.3) is 5.91 Å². The van der Waals surface area contributed by atoms with E-state index in [9.17, 15) is 19.8 Å². The molecule has 2 N–H and O–H groups in total. The third-order valence-electron chi connectivity index (χ3n) is 4.53. The number of ether oxygens (including phenoxy) is 1. The number of carbonyl (C=O) groups excluding carboxylic acids is 1. The lowest BCUT2D eigenvalue weighted by atomic mass is 9.98. The number of hydrogen-bond donors (Lipinski definition) is 2. The molecule has 0 spiro atoms. The fraction of sp³-hybridized carbons (Fsp3) is 0.333. The topological polar surface area (TPSA) is 87.1 Å². The number of anilines is 1. The predicted molar refractivity (Wildman–Crippen MR) is 106 cm³/mol. The first-order valence-electron chi connectivity index (χ1n) is 9.04. The first-order valence-corrected chi connectivity index (χ1v) is 9.41. The SMILES string of the molecule is CC(C)CN1C(=O)[C@H](CC(=O)O)O[C@@H](c2ccccc2O)c2cc(Cl)ccc21. The fourth-order valence-electron chi connectivity index (χ4n) is 3.37. The molecule has 0 saturated carbocycles. The molecule has 1 aliphatic heterocycles. The molecule has 0 fully saturated rings. The molecule has 0 bridgehead atoms. The molecule has 0 unspecified atom stereocenters. The van der Waals surface area contributed by atoms with Crippen molar-refractivity contribution in [3.63, 3.8) is 0 Å². The minimum absolute atomic E-state index is 0.00254. The second-order valence-corrected chi connectivity index (χ2v) is 7.64. The highest BCUT2D eigenvalue weighted by molar-refractivity contribution is 6.30. The number of amides is 1. The second kappa shape index (κ2) is 8.20. The number of carboxylic acid groups (broad SMARTS) is 1. The number of carboxylic acids is 1. The van der Waals surface area contributed by atoms with Gasteiger partial charge in [-0.15, -0.1) is 0 Å². The van der Waals surface area contributed by atoms with Gasteiger partial charge in [-0.1, -0.05) is 43.6 Å². The van der Waals surface area contributed by atoms with Gasteiger partial charge in [-0.25, -0.2) is 0 Å². The maximum Gasteiger partial charge on any atom is 0.306 e. The number of para-hydroxylation sites is 1. The Hall–Kier alpha value is -2.57. The standard InChI is InChI=1S/C21H22ClNO5/c1-12(2)11-23-16-8-7-13(22)9-15(16)20(14-5-3-4-6-17(14)24)28-18(21(23)27)10-19(25)26/h3-9,12,18,20,24H,10-11H2,1-2H3,(H,25,26)/t18-,20-/m0/s1. The second-order valence-electron chi connectivity index (χ2n) is 7.21. The van der Waals surface area contributed by atoms with Gasteiger partial charge in [0.15, 0.2) is 0 Å². The molecule has 28 heavy (non-hydrogen) atoms. The van der Waals surface area contributed by atoms with Crippen LogP contribution in [0, 0.1) is 5.92 Å². The number of aliphatic carboxylic acids is 1. The Bertz CT molecular complexity index is 898.